The van der Waals surface area contributed by atoms with Gasteiger partial charge in [0.15, 0.2) is 0 Å². The first-order valence-corrected chi connectivity index (χ1v) is 5.88. The lowest BCUT2D eigenvalue weighted by Crippen LogP contribution is -2.45. The van der Waals surface area contributed by atoms with Gasteiger partial charge < -0.3 is 9.84 Å². The molecule has 0 radical (unpaired) electrons. The Kier molecular flexibility index (Phi) is 2.26. The molecule has 2 bridgehead atoms. The van der Waals surface area contributed by atoms with Crippen LogP contribution in [0, 0.1) is 0 Å². The minimum Gasteiger partial charge on any atom is -0.393 e. The largest absolute Gasteiger partial charge is 0.393 e. The summed E-state index contributed by atoms with van der Waals surface area (Å²) >= 11 is 0. The standard InChI is InChI=1S/C11H19NO2/c13-10-5-8-1-2-9(6-10)12(8)4-3-11-7-14-11/h8-11,13H,1-7H2. The Labute approximate surface area is 85.0 Å². The van der Waals surface area contributed by atoms with E-state index in [2.05, 4.69) is 4.90 Å². The summed E-state index contributed by atoms with van der Waals surface area (Å²) in [4.78, 5) is 2.62. The van der Waals surface area contributed by atoms with E-state index in [4.69, 9.17) is 4.74 Å². The van der Waals surface area contributed by atoms with Gasteiger partial charge in [-0.2, -0.15) is 0 Å². The highest BCUT2D eigenvalue weighted by Crippen LogP contribution is 2.36. The van der Waals surface area contributed by atoms with Gasteiger partial charge in [0, 0.05) is 18.6 Å². The van der Waals surface area contributed by atoms with Crippen LogP contribution >= 0.6 is 0 Å². The Morgan fingerprint density at radius 2 is 1.86 bits per heavy atom. The molecule has 3 heterocycles. The first-order chi connectivity index (χ1) is 6.83. The summed E-state index contributed by atoms with van der Waals surface area (Å²) in [5, 5.41) is 9.65. The zero-order valence-electron chi connectivity index (χ0n) is 8.56. The zero-order valence-corrected chi connectivity index (χ0v) is 8.56. The first-order valence-electron chi connectivity index (χ1n) is 5.88. The highest BCUT2D eigenvalue weighted by Gasteiger charge is 2.40. The molecule has 3 fully saturated rings. The normalized spacial score (nSPS) is 46.9. The molecule has 0 amide bonds. The van der Waals surface area contributed by atoms with Gasteiger partial charge in [-0.1, -0.05) is 0 Å². The van der Waals surface area contributed by atoms with Crippen molar-refractivity contribution in [2.75, 3.05) is 13.2 Å². The number of hydrogen-bond donors (Lipinski definition) is 1. The molecule has 3 aliphatic rings. The maximum atomic E-state index is 9.65. The van der Waals surface area contributed by atoms with Crippen molar-refractivity contribution >= 4 is 0 Å². The summed E-state index contributed by atoms with van der Waals surface area (Å²) in [6.07, 6.45) is 6.33. The topological polar surface area (TPSA) is 36.0 Å². The molecule has 0 aromatic carbocycles. The van der Waals surface area contributed by atoms with Crippen LogP contribution in [0.2, 0.25) is 0 Å². The van der Waals surface area contributed by atoms with Crippen LogP contribution < -0.4 is 0 Å². The molecule has 3 rings (SSSR count). The summed E-state index contributed by atoms with van der Waals surface area (Å²) in [6, 6.07) is 1.34. The maximum Gasteiger partial charge on any atom is 0.0822 e. The van der Waals surface area contributed by atoms with Gasteiger partial charge in [0.2, 0.25) is 0 Å². The first kappa shape index (κ1) is 9.13. The number of aliphatic hydroxyl groups is 1. The summed E-state index contributed by atoms with van der Waals surface area (Å²) in [7, 11) is 0. The SMILES string of the molecule is OC1CC2CCC(C1)N2CCC1CO1. The molecule has 3 unspecified atom stereocenters. The molecule has 0 saturated carbocycles. The van der Waals surface area contributed by atoms with E-state index in [0.717, 1.165) is 19.4 Å². The molecule has 14 heavy (non-hydrogen) atoms. The van der Waals surface area contributed by atoms with Crippen molar-refractivity contribution in [3.8, 4) is 0 Å². The van der Waals surface area contributed by atoms with E-state index in [0.29, 0.717) is 18.2 Å². The highest BCUT2D eigenvalue weighted by molar-refractivity contribution is 4.95. The smallest absolute Gasteiger partial charge is 0.0822 e. The molecule has 0 aromatic rings. The van der Waals surface area contributed by atoms with Gasteiger partial charge in [0.05, 0.1) is 18.8 Å². The minimum absolute atomic E-state index is 0.0269. The van der Waals surface area contributed by atoms with Crippen LogP contribution in [0.4, 0.5) is 0 Å². The van der Waals surface area contributed by atoms with Crippen LogP contribution in [0.5, 0.6) is 0 Å². The molecule has 3 aliphatic heterocycles. The van der Waals surface area contributed by atoms with E-state index in [1.807, 2.05) is 0 Å². The fourth-order valence-electron chi connectivity index (χ4n) is 3.14. The third-order valence-electron chi connectivity index (χ3n) is 3.97. The molecule has 1 N–H and O–H groups in total. The van der Waals surface area contributed by atoms with Gasteiger partial charge in [-0.3, -0.25) is 4.90 Å². The molecular formula is C11H19NO2. The number of hydrogen-bond acceptors (Lipinski definition) is 3. The predicted molar refractivity (Wildman–Crippen MR) is 53.1 cm³/mol. The molecule has 3 atom stereocenters. The maximum absolute atomic E-state index is 9.65. The van der Waals surface area contributed by atoms with E-state index in [-0.39, 0.29) is 6.10 Å². The summed E-state index contributed by atoms with van der Waals surface area (Å²) in [5.41, 5.74) is 0. The van der Waals surface area contributed by atoms with Crippen molar-refractivity contribution in [3.05, 3.63) is 0 Å². The van der Waals surface area contributed by atoms with E-state index in [9.17, 15) is 5.11 Å². The van der Waals surface area contributed by atoms with E-state index in [1.165, 1.54) is 25.8 Å². The molecule has 0 aromatic heterocycles. The van der Waals surface area contributed by atoms with Crippen molar-refractivity contribution in [2.45, 2.75) is 56.4 Å². The Morgan fingerprint density at radius 1 is 1.21 bits per heavy atom. The van der Waals surface area contributed by atoms with Gasteiger partial charge in [0.25, 0.3) is 0 Å². The monoisotopic (exact) mass is 197 g/mol. The summed E-state index contributed by atoms with van der Waals surface area (Å²) in [5.74, 6) is 0. The fourth-order valence-corrected chi connectivity index (χ4v) is 3.14. The molecule has 3 saturated heterocycles. The summed E-state index contributed by atoms with van der Waals surface area (Å²) in [6.45, 7) is 2.17. The predicted octanol–water partition coefficient (Wildman–Crippen LogP) is 0.763. The van der Waals surface area contributed by atoms with Gasteiger partial charge in [0.1, 0.15) is 0 Å². The molecule has 3 heteroatoms. The molecule has 0 spiro atoms. The van der Waals surface area contributed by atoms with Gasteiger partial charge in [-0.15, -0.1) is 0 Å². The molecule has 80 valence electrons. The van der Waals surface area contributed by atoms with Crippen molar-refractivity contribution in [2.24, 2.45) is 0 Å². The van der Waals surface area contributed by atoms with Gasteiger partial charge >= 0.3 is 0 Å². The van der Waals surface area contributed by atoms with Gasteiger partial charge in [-0.25, -0.2) is 0 Å². The van der Waals surface area contributed by atoms with E-state index in [1.54, 1.807) is 0 Å². The van der Waals surface area contributed by atoms with Crippen LogP contribution in [0.25, 0.3) is 0 Å². The highest BCUT2D eigenvalue weighted by atomic mass is 16.6. The van der Waals surface area contributed by atoms with Crippen LogP contribution in [-0.4, -0.2) is 47.4 Å². The second kappa shape index (κ2) is 3.47. The number of piperidine rings is 1. The number of aliphatic hydroxyl groups excluding tert-OH is 1. The lowest BCUT2D eigenvalue weighted by atomic mass is 9.99. The number of fused-ring (bicyclic) bond motifs is 2. The quantitative estimate of drug-likeness (QED) is 0.679. The van der Waals surface area contributed by atoms with E-state index < -0.39 is 0 Å². The van der Waals surface area contributed by atoms with Crippen LogP contribution in [0.1, 0.15) is 32.1 Å². The number of rotatable bonds is 3. The molecule has 3 nitrogen and oxygen atoms in total. The Balaban J connectivity index is 1.57. The third-order valence-corrected chi connectivity index (χ3v) is 3.97. The van der Waals surface area contributed by atoms with Crippen LogP contribution in [0.3, 0.4) is 0 Å². The van der Waals surface area contributed by atoms with Crippen LogP contribution in [0.15, 0.2) is 0 Å². The Hall–Kier alpha value is -0.120. The second-order valence-electron chi connectivity index (χ2n) is 4.99. The average molecular weight is 197 g/mol. The second-order valence-corrected chi connectivity index (χ2v) is 4.99. The fraction of sp³-hybridized carbons (Fsp3) is 1.00. The Morgan fingerprint density at radius 3 is 2.43 bits per heavy atom. The van der Waals surface area contributed by atoms with Crippen LogP contribution in [-0.2, 0) is 4.74 Å². The number of epoxide rings is 1. The van der Waals surface area contributed by atoms with E-state index >= 15 is 0 Å². The summed E-state index contributed by atoms with van der Waals surface area (Å²) < 4.78 is 5.24. The van der Waals surface area contributed by atoms with Crippen molar-refractivity contribution in [1.29, 1.82) is 0 Å². The lowest BCUT2D eigenvalue weighted by molar-refractivity contribution is 0.0340. The van der Waals surface area contributed by atoms with Crippen molar-refractivity contribution < 1.29 is 9.84 Å². The van der Waals surface area contributed by atoms with Gasteiger partial charge in [-0.05, 0) is 32.1 Å². The zero-order chi connectivity index (χ0) is 9.54. The average Bonchev–Trinajstić information content (AvgIpc) is 2.92. The van der Waals surface area contributed by atoms with Crippen molar-refractivity contribution in [1.82, 2.24) is 4.90 Å². The Bertz CT molecular complexity index is 203. The van der Waals surface area contributed by atoms with Crippen molar-refractivity contribution in [3.63, 3.8) is 0 Å². The molecule has 0 aliphatic carbocycles. The number of ether oxygens (including phenoxy) is 1. The third kappa shape index (κ3) is 1.69. The molecular weight excluding hydrogens is 178 g/mol. The lowest BCUT2D eigenvalue weighted by Gasteiger charge is -2.37. The minimum atomic E-state index is -0.0269. The number of nitrogens with zero attached hydrogens (tertiary/aromatic N) is 1.